The lowest BCUT2D eigenvalue weighted by Crippen LogP contribution is -2.66. The molecule has 9 nitrogen and oxygen atoms in total. The van der Waals surface area contributed by atoms with Gasteiger partial charge in [-0.25, -0.2) is 4.79 Å². The average molecular weight is 376 g/mol. The summed E-state index contributed by atoms with van der Waals surface area (Å²) in [6.07, 6.45) is -3.05. The summed E-state index contributed by atoms with van der Waals surface area (Å²) >= 11 is 0. The summed E-state index contributed by atoms with van der Waals surface area (Å²) in [5, 5.41) is 14.3. The second kappa shape index (κ2) is 7.74. The number of azide groups is 1. The zero-order chi connectivity index (χ0) is 19.6. The van der Waals surface area contributed by atoms with Gasteiger partial charge in [0.25, 0.3) is 0 Å². The summed E-state index contributed by atoms with van der Waals surface area (Å²) in [4.78, 5) is 16.9. The number of amides is 1. The highest BCUT2D eigenvalue weighted by molar-refractivity contribution is 5.69. The average Bonchev–Trinajstić information content (AvgIpc) is 2.63. The Morgan fingerprint density at radius 1 is 1.37 bits per heavy atom. The summed E-state index contributed by atoms with van der Waals surface area (Å²) < 4.78 is 17.2. The van der Waals surface area contributed by atoms with Gasteiger partial charge in [-0.2, -0.15) is 0 Å². The molecule has 2 saturated heterocycles. The molecule has 2 aliphatic rings. The zero-order valence-electron chi connectivity index (χ0n) is 15.6. The Bertz CT molecular complexity index is 716. The van der Waals surface area contributed by atoms with Crippen molar-refractivity contribution in [1.82, 2.24) is 4.90 Å². The van der Waals surface area contributed by atoms with Crippen LogP contribution < -0.4 is 0 Å². The molecule has 0 unspecified atom stereocenters. The van der Waals surface area contributed by atoms with Crippen LogP contribution in [0, 0.1) is 0 Å². The van der Waals surface area contributed by atoms with E-state index in [0.717, 1.165) is 5.56 Å². The van der Waals surface area contributed by atoms with Crippen LogP contribution in [0.5, 0.6) is 0 Å². The van der Waals surface area contributed by atoms with E-state index in [9.17, 15) is 9.90 Å². The first kappa shape index (κ1) is 19.4. The van der Waals surface area contributed by atoms with Crippen molar-refractivity contribution < 1.29 is 24.1 Å². The Kier molecular flexibility index (Phi) is 5.57. The van der Waals surface area contributed by atoms with Gasteiger partial charge in [-0.1, -0.05) is 35.4 Å². The maximum Gasteiger partial charge on any atom is 0.410 e. The molecule has 0 aliphatic carbocycles. The molecule has 0 aromatic heterocycles. The van der Waals surface area contributed by atoms with Crippen LogP contribution in [-0.4, -0.2) is 59.1 Å². The van der Waals surface area contributed by atoms with Gasteiger partial charge < -0.3 is 19.3 Å². The first-order valence-electron chi connectivity index (χ1n) is 8.84. The third-order valence-corrected chi connectivity index (χ3v) is 4.49. The van der Waals surface area contributed by atoms with Crippen molar-refractivity contribution in [2.45, 2.75) is 57.0 Å². The molecule has 9 heteroatoms. The SMILES string of the molecule is CC(C)(C)OC(=O)N1C[C@H](N=[N+]=[N-])[C@H](O)[C@@H]2O[C@H](c3ccccc3)OC[C@H]21. The van der Waals surface area contributed by atoms with Gasteiger partial charge in [0.15, 0.2) is 6.29 Å². The predicted molar refractivity (Wildman–Crippen MR) is 95.7 cm³/mol. The van der Waals surface area contributed by atoms with Crippen LogP contribution in [0.1, 0.15) is 32.6 Å². The zero-order valence-corrected chi connectivity index (χ0v) is 15.6. The van der Waals surface area contributed by atoms with Gasteiger partial charge in [-0.3, -0.25) is 4.90 Å². The number of hydrogen-bond donors (Lipinski definition) is 1. The molecule has 5 atom stereocenters. The lowest BCUT2D eigenvalue weighted by molar-refractivity contribution is -0.273. The highest BCUT2D eigenvalue weighted by atomic mass is 16.7. The van der Waals surface area contributed by atoms with Crippen molar-refractivity contribution in [3.05, 3.63) is 46.3 Å². The van der Waals surface area contributed by atoms with E-state index in [2.05, 4.69) is 10.0 Å². The lowest BCUT2D eigenvalue weighted by atomic mass is 9.92. The van der Waals surface area contributed by atoms with Crippen LogP contribution in [0.2, 0.25) is 0 Å². The maximum absolute atomic E-state index is 12.7. The number of nitrogens with zero attached hydrogens (tertiary/aromatic N) is 4. The molecule has 1 aromatic carbocycles. The standard InChI is InChI=1S/C18H24N4O5/c1-18(2,3)27-17(24)22-9-12(20-21-19)14(23)15-13(22)10-25-16(26-15)11-7-5-4-6-8-11/h4-8,12-16,23H,9-10H2,1-3H3/t12-,13+,14-,15+,16+/m0/s1. The quantitative estimate of drug-likeness (QED) is 0.484. The van der Waals surface area contributed by atoms with Gasteiger partial charge in [-0.05, 0) is 26.3 Å². The Morgan fingerprint density at radius 2 is 2.07 bits per heavy atom. The summed E-state index contributed by atoms with van der Waals surface area (Å²) in [5.41, 5.74) is 8.94. The molecule has 1 amide bonds. The molecule has 0 spiro atoms. The van der Waals surface area contributed by atoms with Crippen LogP contribution >= 0.6 is 0 Å². The fourth-order valence-corrected chi connectivity index (χ4v) is 3.28. The van der Waals surface area contributed by atoms with Gasteiger partial charge in [-0.15, -0.1) is 0 Å². The molecule has 2 fully saturated rings. The number of fused-ring (bicyclic) bond motifs is 1. The van der Waals surface area contributed by atoms with Gasteiger partial charge >= 0.3 is 6.09 Å². The first-order chi connectivity index (χ1) is 12.8. The van der Waals surface area contributed by atoms with Gasteiger partial charge in [0.05, 0.1) is 24.8 Å². The second-order valence-corrected chi connectivity index (χ2v) is 7.64. The summed E-state index contributed by atoms with van der Waals surface area (Å²) in [6, 6.07) is 7.95. The number of carbonyl (C=O) groups excluding carboxylic acids is 1. The van der Waals surface area contributed by atoms with E-state index in [1.807, 2.05) is 30.3 Å². The molecule has 0 bridgehead atoms. The molecule has 2 aliphatic heterocycles. The number of hydrogen-bond acceptors (Lipinski definition) is 6. The van der Waals surface area contributed by atoms with E-state index < -0.39 is 42.3 Å². The van der Waals surface area contributed by atoms with Gasteiger partial charge in [0, 0.05) is 17.0 Å². The molecule has 1 N–H and O–H groups in total. The van der Waals surface area contributed by atoms with Crippen LogP contribution in [-0.2, 0) is 14.2 Å². The topological polar surface area (TPSA) is 117 Å². The van der Waals surface area contributed by atoms with Crippen LogP contribution in [0.3, 0.4) is 0 Å². The summed E-state index contributed by atoms with van der Waals surface area (Å²) in [5.74, 6) is 0. The number of rotatable bonds is 2. The fourth-order valence-electron chi connectivity index (χ4n) is 3.28. The number of benzene rings is 1. The monoisotopic (exact) mass is 376 g/mol. The number of aliphatic hydroxyl groups excluding tert-OH is 1. The van der Waals surface area contributed by atoms with Crippen LogP contribution in [0.4, 0.5) is 4.79 Å². The van der Waals surface area contributed by atoms with E-state index in [1.165, 1.54) is 4.90 Å². The maximum atomic E-state index is 12.7. The molecule has 3 rings (SSSR count). The van der Waals surface area contributed by atoms with Crippen molar-refractivity contribution in [2.24, 2.45) is 5.11 Å². The van der Waals surface area contributed by atoms with Crippen molar-refractivity contribution in [2.75, 3.05) is 13.2 Å². The molecule has 1 aromatic rings. The van der Waals surface area contributed by atoms with E-state index in [4.69, 9.17) is 19.7 Å². The molecule has 146 valence electrons. The lowest BCUT2D eigenvalue weighted by Gasteiger charge is -2.49. The minimum Gasteiger partial charge on any atom is -0.444 e. The van der Waals surface area contributed by atoms with Crippen LogP contribution in [0.25, 0.3) is 10.4 Å². The summed E-state index contributed by atoms with van der Waals surface area (Å²) in [6.45, 7) is 5.51. The first-order valence-corrected chi connectivity index (χ1v) is 8.84. The number of carbonyl (C=O) groups is 1. The molecular weight excluding hydrogens is 352 g/mol. The normalized spacial score (nSPS) is 30.8. The Morgan fingerprint density at radius 3 is 2.70 bits per heavy atom. The Hall–Kier alpha value is -2.32. The minimum atomic E-state index is -1.06. The molecule has 0 radical (unpaired) electrons. The molecular formula is C18H24N4O5. The molecule has 27 heavy (non-hydrogen) atoms. The van der Waals surface area contributed by atoms with Crippen molar-refractivity contribution >= 4 is 6.09 Å². The van der Waals surface area contributed by atoms with Crippen molar-refractivity contribution in [3.8, 4) is 0 Å². The minimum absolute atomic E-state index is 0.0318. The highest BCUT2D eigenvalue weighted by Crippen LogP contribution is 2.34. The smallest absolute Gasteiger partial charge is 0.410 e. The third-order valence-electron chi connectivity index (χ3n) is 4.49. The van der Waals surface area contributed by atoms with Crippen LogP contribution in [0.15, 0.2) is 35.4 Å². The second-order valence-electron chi connectivity index (χ2n) is 7.64. The van der Waals surface area contributed by atoms with Crippen molar-refractivity contribution in [3.63, 3.8) is 0 Å². The molecule has 2 heterocycles. The number of piperidine rings is 1. The van der Waals surface area contributed by atoms with Gasteiger partial charge in [0.1, 0.15) is 11.7 Å². The van der Waals surface area contributed by atoms with E-state index in [0.29, 0.717) is 0 Å². The largest absolute Gasteiger partial charge is 0.444 e. The van der Waals surface area contributed by atoms with Gasteiger partial charge in [0.2, 0.25) is 0 Å². The highest BCUT2D eigenvalue weighted by Gasteiger charge is 2.49. The number of likely N-dealkylation sites (tertiary alicyclic amines) is 1. The van der Waals surface area contributed by atoms with E-state index in [-0.39, 0.29) is 13.2 Å². The summed E-state index contributed by atoms with van der Waals surface area (Å²) in [7, 11) is 0. The predicted octanol–water partition coefficient (Wildman–Crippen LogP) is 2.76. The Balaban J connectivity index is 1.84. The van der Waals surface area contributed by atoms with E-state index in [1.54, 1.807) is 20.8 Å². The fraction of sp³-hybridized carbons (Fsp3) is 0.611. The third kappa shape index (κ3) is 4.33. The van der Waals surface area contributed by atoms with E-state index >= 15 is 0 Å². The number of ether oxygens (including phenoxy) is 3. The molecule has 0 saturated carbocycles. The number of aliphatic hydroxyl groups is 1. The van der Waals surface area contributed by atoms with Crippen molar-refractivity contribution in [1.29, 1.82) is 0 Å². The Labute approximate surface area is 157 Å².